The zero-order chi connectivity index (χ0) is 14.8. The van der Waals surface area contributed by atoms with E-state index in [-0.39, 0.29) is 11.6 Å². The van der Waals surface area contributed by atoms with Gasteiger partial charge in [0, 0.05) is 38.5 Å². The van der Waals surface area contributed by atoms with Crippen molar-refractivity contribution >= 4 is 11.6 Å². The smallest absolute Gasteiger partial charge is 0.266 e. The molecule has 0 amide bonds. The molecule has 0 aromatic carbocycles. The molecule has 0 saturated carbocycles. The Kier molecular flexibility index (Phi) is 3.43. The number of H-pyrrole nitrogens is 1. The molecule has 1 aliphatic heterocycles. The minimum Gasteiger partial charge on any atom is -0.481 e. The highest BCUT2D eigenvalue weighted by atomic mass is 16.5. The summed E-state index contributed by atoms with van der Waals surface area (Å²) in [4.78, 5) is 23.9. The van der Waals surface area contributed by atoms with E-state index in [0.29, 0.717) is 11.8 Å². The van der Waals surface area contributed by atoms with Gasteiger partial charge in [-0.15, -0.1) is 0 Å². The summed E-state index contributed by atoms with van der Waals surface area (Å²) in [6, 6.07) is 3.55. The van der Waals surface area contributed by atoms with Crippen LogP contribution in [0.2, 0.25) is 0 Å². The number of anilines is 2. The first kappa shape index (κ1) is 13.3. The van der Waals surface area contributed by atoms with E-state index in [1.165, 1.54) is 0 Å². The third-order valence-electron chi connectivity index (χ3n) is 3.57. The molecule has 8 nitrogen and oxygen atoms in total. The molecule has 0 spiro atoms. The van der Waals surface area contributed by atoms with Gasteiger partial charge in [0.2, 0.25) is 11.8 Å². The third kappa shape index (κ3) is 2.64. The average Bonchev–Trinajstić information content (AvgIpc) is 2.46. The van der Waals surface area contributed by atoms with Crippen LogP contribution in [0.3, 0.4) is 0 Å². The predicted molar refractivity (Wildman–Crippen MR) is 77.8 cm³/mol. The number of nitrogens with zero attached hydrogens (tertiary/aromatic N) is 5. The Morgan fingerprint density at radius 3 is 3.00 bits per heavy atom. The molecule has 3 rings (SSSR count). The van der Waals surface area contributed by atoms with Gasteiger partial charge in [-0.05, 0) is 0 Å². The van der Waals surface area contributed by atoms with E-state index in [0.717, 1.165) is 18.8 Å². The summed E-state index contributed by atoms with van der Waals surface area (Å²) in [6.45, 7) is 1.59. The number of nitrogens with one attached hydrogen (secondary N) is 1. The van der Waals surface area contributed by atoms with Crippen LogP contribution in [0.5, 0.6) is 5.88 Å². The van der Waals surface area contributed by atoms with Crippen molar-refractivity contribution in [1.82, 2.24) is 20.2 Å². The lowest BCUT2D eigenvalue weighted by Gasteiger charge is -2.45. The SMILES string of the molecule is COc1ccnc(N(C)C2CN(c3cn[nH]c(=O)c3)C2)n1. The van der Waals surface area contributed by atoms with E-state index >= 15 is 0 Å². The van der Waals surface area contributed by atoms with Crippen LogP contribution >= 0.6 is 0 Å². The molecule has 3 heterocycles. The number of aromatic nitrogens is 4. The summed E-state index contributed by atoms with van der Waals surface area (Å²) in [5.41, 5.74) is 0.635. The molecular weight excluding hydrogens is 272 g/mol. The minimum atomic E-state index is -0.194. The van der Waals surface area contributed by atoms with Crippen molar-refractivity contribution in [2.24, 2.45) is 0 Å². The van der Waals surface area contributed by atoms with E-state index in [1.54, 1.807) is 31.6 Å². The first-order chi connectivity index (χ1) is 10.2. The maximum atomic E-state index is 11.3. The highest BCUT2D eigenvalue weighted by molar-refractivity contribution is 5.49. The second-order valence-electron chi connectivity index (χ2n) is 4.87. The lowest BCUT2D eigenvalue weighted by Crippen LogP contribution is -2.59. The molecule has 1 N–H and O–H groups in total. The van der Waals surface area contributed by atoms with Gasteiger partial charge in [-0.2, -0.15) is 10.1 Å². The van der Waals surface area contributed by atoms with Gasteiger partial charge >= 0.3 is 0 Å². The molecule has 1 fully saturated rings. The van der Waals surface area contributed by atoms with E-state index in [1.807, 2.05) is 11.9 Å². The number of hydrogen-bond donors (Lipinski definition) is 1. The van der Waals surface area contributed by atoms with Crippen molar-refractivity contribution in [2.45, 2.75) is 6.04 Å². The van der Waals surface area contributed by atoms with Crippen LogP contribution in [0.15, 0.2) is 29.3 Å². The fraction of sp³-hybridized carbons (Fsp3) is 0.385. The summed E-state index contributed by atoms with van der Waals surface area (Å²) < 4.78 is 5.11. The van der Waals surface area contributed by atoms with E-state index in [9.17, 15) is 4.79 Å². The summed E-state index contributed by atoms with van der Waals surface area (Å²) in [7, 11) is 3.53. The Hall–Kier alpha value is -2.64. The molecule has 2 aromatic heterocycles. The van der Waals surface area contributed by atoms with Gasteiger partial charge in [0.1, 0.15) is 0 Å². The molecule has 110 valence electrons. The van der Waals surface area contributed by atoms with Gasteiger partial charge in [-0.25, -0.2) is 10.1 Å². The zero-order valence-corrected chi connectivity index (χ0v) is 11.9. The summed E-state index contributed by atoms with van der Waals surface area (Å²) in [5.74, 6) is 1.17. The Morgan fingerprint density at radius 1 is 1.48 bits per heavy atom. The zero-order valence-electron chi connectivity index (χ0n) is 11.9. The molecule has 21 heavy (non-hydrogen) atoms. The van der Waals surface area contributed by atoms with Gasteiger partial charge in [0.15, 0.2) is 0 Å². The normalized spacial score (nSPS) is 14.7. The Balaban J connectivity index is 1.66. The van der Waals surface area contributed by atoms with Crippen LogP contribution in [0.4, 0.5) is 11.6 Å². The van der Waals surface area contributed by atoms with Crippen molar-refractivity contribution in [3.63, 3.8) is 0 Å². The number of hydrogen-bond acceptors (Lipinski definition) is 7. The van der Waals surface area contributed by atoms with Gasteiger partial charge < -0.3 is 14.5 Å². The summed E-state index contributed by atoms with van der Waals surface area (Å²) in [5, 5.41) is 6.17. The maximum absolute atomic E-state index is 11.3. The molecule has 1 aliphatic rings. The molecule has 0 unspecified atom stereocenters. The number of rotatable bonds is 4. The van der Waals surface area contributed by atoms with Crippen molar-refractivity contribution in [3.05, 3.63) is 34.9 Å². The topological polar surface area (TPSA) is 87.2 Å². The molecule has 0 radical (unpaired) electrons. The highest BCUT2D eigenvalue weighted by Gasteiger charge is 2.31. The predicted octanol–water partition coefficient (Wildman–Crippen LogP) is -0.106. The monoisotopic (exact) mass is 288 g/mol. The van der Waals surface area contributed by atoms with Crippen molar-refractivity contribution in [2.75, 3.05) is 37.0 Å². The van der Waals surface area contributed by atoms with Gasteiger partial charge in [0.05, 0.1) is 25.0 Å². The fourth-order valence-corrected chi connectivity index (χ4v) is 2.23. The molecule has 0 atom stereocenters. The van der Waals surface area contributed by atoms with Crippen LogP contribution < -0.4 is 20.1 Å². The lowest BCUT2D eigenvalue weighted by atomic mass is 10.1. The lowest BCUT2D eigenvalue weighted by molar-refractivity contribution is 0.395. The first-order valence-electron chi connectivity index (χ1n) is 6.57. The average molecular weight is 288 g/mol. The van der Waals surface area contributed by atoms with Crippen molar-refractivity contribution in [1.29, 1.82) is 0 Å². The number of aromatic amines is 1. The van der Waals surface area contributed by atoms with E-state index in [4.69, 9.17) is 4.74 Å². The quantitative estimate of drug-likeness (QED) is 0.840. The van der Waals surface area contributed by atoms with E-state index < -0.39 is 0 Å². The number of ether oxygens (including phenoxy) is 1. The summed E-state index contributed by atoms with van der Waals surface area (Å²) >= 11 is 0. The molecule has 8 heteroatoms. The van der Waals surface area contributed by atoms with Crippen LogP contribution in [-0.2, 0) is 0 Å². The van der Waals surface area contributed by atoms with Crippen LogP contribution in [-0.4, -0.2) is 53.5 Å². The molecular formula is C13H16N6O2. The first-order valence-corrected chi connectivity index (χ1v) is 6.57. The van der Waals surface area contributed by atoms with Crippen molar-refractivity contribution < 1.29 is 4.74 Å². The van der Waals surface area contributed by atoms with E-state index in [2.05, 4.69) is 25.1 Å². The van der Waals surface area contributed by atoms with Crippen LogP contribution in [0.1, 0.15) is 0 Å². The fourth-order valence-electron chi connectivity index (χ4n) is 2.23. The number of methoxy groups -OCH3 is 1. The van der Waals surface area contributed by atoms with Crippen LogP contribution in [0, 0.1) is 0 Å². The second-order valence-corrected chi connectivity index (χ2v) is 4.87. The third-order valence-corrected chi connectivity index (χ3v) is 3.57. The largest absolute Gasteiger partial charge is 0.481 e. The Labute approximate surface area is 121 Å². The number of likely N-dealkylation sites (N-methyl/N-ethyl adjacent to an activating group) is 1. The van der Waals surface area contributed by atoms with Crippen molar-refractivity contribution in [3.8, 4) is 5.88 Å². The molecule has 0 bridgehead atoms. The van der Waals surface area contributed by atoms with Gasteiger partial charge in [0.25, 0.3) is 5.56 Å². The standard InChI is InChI=1S/C13H16N6O2/c1-18(13-14-4-3-12(16-13)21-2)10-7-19(8-10)9-5-11(20)17-15-6-9/h3-6,10H,7-8H2,1-2H3,(H,17,20). The molecule has 1 saturated heterocycles. The molecule has 2 aromatic rings. The maximum Gasteiger partial charge on any atom is 0.266 e. The highest BCUT2D eigenvalue weighted by Crippen LogP contribution is 2.23. The van der Waals surface area contributed by atoms with Gasteiger partial charge in [-0.3, -0.25) is 4.79 Å². The Morgan fingerprint density at radius 2 is 2.29 bits per heavy atom. The minimum absolute atomic E-state index is 0.194. The molecule has 0 aliphatic carbocycles. The summed E-state index contributed by atoms with van der Waals surface area (Å²) in [6.07, 6.45) is 3.33. The van der Waals surface area contributed by atoms with Crippen LogP contribution in [0.25, 0.3) is 0 Å². The second kappa shape index (κ2) is 5.39. The Bertz CT molecular complexity index is 682. The van der Waals surface area contributed by atoms with Gasteiger partial charge in [-0.1, -0.05) is 0 Å².